The molecule has 3 rings (SSSR count). The molecule has 0 amide bonds. The normalized spacial score (nSPS) is 12.8. The first-order chi connectivity index (χ1) is 9.99. The monoisotopic (exact) mass is 318 g/mol. The predicted molar refractivity (Wildman–Crippen MR) is 89.8 cm³/mol. The number of halogens is 2. The van der Waals surface area contributed by atoms with Crippen LogP contribution in [0.15, 0.2) is 36.4 Å². The van der Waals surface area contributed by atoms with Gasteiger partial charge >= 0.3 is 0 Å². The van der Waals surface area contributed by atoms with E-state index in [9.17, 15) is 0 Å². The third kappa shape index (κ3) is 2.43. The molecule has 0 aliphatic carbocycles. The summed E-state index contributed by atoms with van der Waals surface area (Å²) in [5.74, 6) is 0.813. The van der Waals surface area contributed by atoms with Crippen LogP contribution in [0, 0.1) is 13.8 Å². The van der Waals surface area contributed by atoms with Crippen molar-refractivity contribution in [1.82, 2.24) is 9.55 Å². The fourth-order valence-corrected chi connectivity index (χ4v) is 2.92. The van der Waals surface area contributed by atoms with Crippen LogP contribution in [0.1, 0.15) is 29.3 Å². The summed E-state index contributed by atoms with van der Waals surface area (Å²) in [6, 6.07) is 12.2. The Bertz CT molecular complexity index is 819. The molecule has 3 aromatic rings. The van der Waals surface area contributed by atoms with E-state index in [1.165, 1.54) is 11.1 Å². The van der Waals surface area contributed by atoms with Gasteiger partial charge in [-0.2, -0.15) is 0 Å². The number of aromatic nitrogens is 2. The molecule has 0 N–H and O–H groups in total. The maximum absolute atomic E-state index is 6.35. The Labute approximate surface area is 134 Å². The summed E-state index contributed by atoms with van der Waals surface area (Å²) < 4.78 is 2.11. The van der Waals surface area contributed by atoms with Crippen molar-refractivity contribution in [3.05, 3.63) is 58.4 Å². The smallest absolute Gasteiger partial charge is 0.132 e. The van der Waals surface area contributed by atoms with Crippen LogP contribution in [-0.4, -0.2) is 9.55 Å². The molecule has 0 aliphatic heterocycles. The molecule has 1 unspecified atom stereocenters. The first kappa shape index (κ1) is 14.4. The lowest BCUT2D eigenvalue weighted by molar-refractivity contribution is 0.877. The molecule has 1 atom stereocenters. The minimum absolute atomic E-state index is 0.201. The molecule has 2 aromatic carbocycles. The van der Waals surface area contributed by atoms with Crippen LogP contribution in [0.25, 0.3) is 16.7 Å². The fraction of sp³-hybridized carbons (Fsp3) is 0.235. The van der Waals surface area contributed by atoms with Crippen molar-refractivity contribution in [2.75, 3.05) is 0 Å². The first-order valence-corrected chi connectivity index (χ1v) is 7.69. The standard InChI is InChI=1S/C17H16Cl2N2/c1-10-7-8-11(2)15(9-10)21-14-6-4-5-13(19)16(14)20-17(21)12(3)18/h4-9,12H,1-3H3. The summed E-state index contributed by atoms with van der Waals surface area (Å²) in [5, 5.41) is 0.448. The number of imidazole rings is 1. The molecular formula is C17H16Cl2N2. The third-order valence-corrected chi connectivity index (χ3v) is 4.12. The molecule has 0 aliphatic rings. The van der Waals surface area contributed by atoms with Crippen LogP contribution < -0.4 is 0 Å². The summed E-state index contributed by atoms with van der Waals surface area (Å²) in [6.45, 7) is 6.10. The van der Waals surface area contributed by atoms with Gasteiger partial charge in [0.1, 0.15) is 11.3 Å². The zero-order valence-corrected chi connectivity index (χ0v) is 13.7. The van der Waals surface area contributed by atoms with Gasteiger partial charge in [0.2, 0.25) is 0 Å². The molecule has 0 bridgehead atoms. The van der Waals surface area contributed by atoms with Crippen LogP contribution in [0.3, 0.4) is 0 Å². The highest BCUT2D eigenvalue weighted by Gasteiger charge is 2.18. The Balaban J connectivity index is 2.42. The lowest BCUT2D eigenvalue weighted by Crippen LogP contribution is -2.04. The summed E-state index contributed by atoms with van der Waals surface area (Å²) >= 11 is 12.6. The van der Waals surface area contributed by atoms with Gasteiger partial charge in [0.25, 0.3) is 0 Å². The molecule has 1 heterocycles. The van der Waals surface area contributed by atoms with Gasteiger partial charge in [0.15, 0.2) is 0 Å². The largest absolute Gasteiger partial charge is 0.295 e. The fourth-order valence-electron chi connectivity index (χ4n) is 2.56. The van der Waals surface area contributed by atoms with E-state index in [1.54, 1.807) is 0 Å². The quantitative estimate of drug-likeness (QED) is 0.563. The van der Waals surface area contributed by atoms with E-state index in [2.05, 4.69) is 41.6 Å². The van der Waals surface area contributed by atoms with E-state index >= 15 is 0 Å². The lowest BCUT2D eigenvalue weighted by Gasteiger charge is -2.14. The first-order valence-electron chi connectivity index (χ1n) is 6.87. The van der Waals surface area contributed by atoms with E-state index in [4.69, 9.17) is 23.2 Å². The summed E-state index contributed by atoms with van der Waals surface area (Å²) in [7, 11) is 0. The van der Waals surface area contributed by atoms with Crippen LogP contribution >= 0.6 is 23.2 Å². The molecule has 0 spiro atoms. The lowest BCUT2D eigenvalue weighted by atomic mass is 10.1. The molecule has 0 saturated heterocycles. The number of rotatable bonds is 2. The number of hydrogen-bond donors (Lipinski definition) is 0. The van der Waals surface area contributed by atoms with Gasteiger partial charge in [-0.05, 0) is 50.1 Å². The number of alkyl halides is 1. The molecule has 1 aromatic heterocycles. The van der Waals surface area contributed by atoms with Crippen molar-refractivity contribution in [3.63, 3.8) is 0 Å². The Kier molecular flexibility index (Phi) is 3.68. The number of aryl methyl sites for hydroxylation is 2. The van der Waals surface area contributed by atoms with Crippen molar-refractivity contribution >= 4 is 34.2 Å². The highest BCUT2D eigenvalue weighted by molar-refractivity contribution is 6.35. The predicted octanol–water partition coefficient (Wildman–Crippen LogP) is 5.60. The van der Waals surface area contributed by atoms with Gasteiger partial charge in [0.05, 0.1) is 21.6 Å². The van der Waals surface area contributed by atoms with E-state index in [0.717, 1.165) is 22.5 Å². The zero-order valence-electron chi connectivity index (χ0n) is 12.2. The topological polar surface area (TPSA) is 17.8 Å². The van der Waals surface area contributed by atoms with Gasteiger partial charge in [-0.3, -0.25) is 4.57 Å². The van der Waals surface area contributed by atoms with E-state index in [1.807, 2.05) is 25.1 Å². The van der Waals surface area contributed by atoms with Crippen LogP contribution in [0.2, 0.25) is 5.02 Å². The maximum Gasteiger partial charge on any atom is 0.132 e. The van der Waals surface area contributed by atoms with E-state index in [-0.39, 0.29) is 5.38 Å². The van der Waals surface area contributed by atoms with Crippen molar-refractivity contribution < 1.29 is 0 Å². The average Bonchev–Trinajstić information content (AvgIpc) is 2.82. The zero-order chi connectivity index (χ0) is 15.1. The summed E-state index contributed by atoms with van der Waals surface area (Å²) in [5.41, 5.74) is 5.26. The van der Waals surface area contributed by atoms with E-state index < -0.39 is 0 Å². The van der Waals surface area contributed by atoms with Crippen molar-refractivity contribution in [1.29, 1.82) is 0 Å². The van der Waals surface area contributed by atoms with Crippen molar-refractivity contribution in [2.24, 2.45) is 0 Å². The van der Waals surface area contributed by atoms with Crippen LogP contribution in [0.4, 0.5) is 0 Å². The maximum atomic E-state index is 6.35. The molecule has 0 radical (unpaired) electrons. The number of hydrogen-bond acceptors (Lipinski definition) is 1. The van der Waals surface area contributed by atoms with Crippen molar-refractivity contribution in [3.8, 4) is 5.69 Å². The minimum atomic E-state index is -0.201. The number of fused-ring (bicyclic) bond motifs is 1. The summed E-state index contributed by atoms with van der Waals surface area (Å²) in [4.78, 5) is 4.66. The minimum Gasteiger partial charge on any atom is -0.295 e. The van der Waals surface area contributed by atoms with Crippen molar-refractivity contribution in [2.45, 2.75) is 26.1 Å². The molecule has 0 saturated carbocycles. The molecular weight excluding hydrogens is 303 g/mol. The van der Waals surface area contributed by atoms with Gasteiger partial charge in [-0.15, -0.1) is 11.6 Å². The highest BCUT2D eigenvalue weighted by atomic mass is 35.5. The average molecular weight is 319 g/mol. The second-order valence-electron chi connectivity index (χ2n) is 5.32. The third-order valence-electron chi connectivity index (χ3n) is 3.62. The number of para-hydroxylation sites is 1. The number of nitrogens with zero attached hydrogens (tertiary/aromatic N) is 2. The molecule has 108 valence electrons. The Morgan fingerprint density at radius 1 is 1.14 bits per heavy atom. The van der Waals surface area contributed by atoms with Crippen LogP contribution in [-0.2, 0) is 0 Å². The summed E-state index contributed by atoms with van der Waals surface area (Å²) in [6.07, 6.45) is 0. The SMILES string of the molecule is Cc1ccc(C)c(-n2c(C(C)Cl)nc3c(Cl)cccc32)c1. The molecule has 4 heteroatoms. The Morgan fingerprint density at radius 2 is 1.90 bits per heavy atom. The molecule has 2 nitrogen and oxygen atoms in total. The van der Waals surface area contributed by atoms with Gasteiger partial charge < -0.3 is 0 Å². The van der Waals surface area contributed by atoms with E-state index in [0.29, 0.717) is 5.02 Å². The second kappa shape index (κ2) is 5.36. The van der Waals surface area contributed by atoms with Gasteiger partial charge in [-0.25, -0.2) is 4.98 Å². The molecule has 0 fully saturated rings. The van der Waals surface area contributed by atoms with Gasteiger partial charge in [0, 0.05) is 0 Å². The highest BCUT2D eigenvalue weighted by Crippen LogP contribution is 2.32. The van der Waals surface area contributed by atoms with Gasteiger partial charge in [-0.1, -0.05) is 29.8 Å². The van der Waals surface area contributed by atoms with Crippen LogP contribution in [0.5, 0.6) is 0 Å². The Hall–Kier alpha value is -1.51. The second-order valence-corrected chi connectivity index (χ2v) is 6.38. The number of benzene rings is 2. The molecule has 21 heavy (non-hydrogen) atoms. The Morgan fingerprint density at radius 3 is 2.62 bits per heavy atom.